The molecule has 0 radical (unpaired) electrons. The molecular formula is C15H19BrO. The maximum atomic E-state index is 6.37. The summed E-state index contributed by atoms with van der Waals surface area (Å²) in [5.74, 6) is 1.69. The maximum Gasteiger partial charge on any atom is 0.124 e. The number of hydrogen-bond acceptors (Lipinski definition) is 1. The predicted octanol–water partition coefficient (Wildman–Crippen LogP) is 4.21. The molecule has 3 atom stereocenters. The van der Waals surface area contributed by atoms with Crippen molar-refractivity contribution in [2.75, 3.05) is 5.33 Å². The second kappa shape index (κ2) is 3.50. The number of alkyl halides is 1. The fraction of sp³-hybridized carbons (Fsp3) is 0.600. The summed E-state index contributed by atoms with van der Waals surface area (Å²) in [5.41, 5.74) is 2.99. The first-order chi connectivity index (χ1) is 8.02. The van der Waals surface area contributed by atoms with Gasteiger partial charge in [0.2, 0.25) is 0 Å². The largest absolute Gasteiger partial charge is 0.486 e. The lowest BCUT2D eigenvalue weighted by molar-refractivity contribution is 0.0272. The zero-order valence-electron chi connectivity index (χ0n) is 10.7. The number of hydrogen-bond donors (Lipinski definition) is 0. The van der Waals surface area contributed by atoms with E-state index in [1.807, 2.05) is 0 Å². The molecule has 2 aliphatic rings. The van der Waals surface area contributed by atoms with E-state index in [4.69, 9.17) is 4.74 Å². The standard InChI is InChI=1S/C15H19BrO/c1-10-4-5-12-13(8-10)17-15(9-16)7-6-14(12,3)11(15)2/h4-5,8,11H,6-7,9H2,1-3H3. The van der Waals surface area contributed by atoms with Gasteiger partial charge in [-0.15, -0.1) is 0 Å². The Kier molecular flexibility index (Phi) is 2.39. The summed E-state index contributed by atoms with van der Waals surface area (Å²) in [6, 6.07) is 6.67. The Hall–Kier alpha value is -0.500. The maximum absolute atomic E-state index is 6.37. The van der Waals surface area contributed by atoms with E-state index in [1.165, 1.54) is 17.5 Å². The average Bonchev–Trinajstić information content (AvgIpc) is 2.49. The molecule has 1 aliphatic carbocycles. The van der Waals surface area contributed by atoms with Gasteiger partial charge >= 0.3 is 0 Å². The van der Waals surface area contributed by atoms with E-state index in [2.05, 4.69) is 54.9 Å². The Morgan fingerprint density at radius 3 is 2.88 bits per heavy atom. The van der Waals surface area contributed by atoms with Crippen molar-refractivity contribution in [3.05, 3.63) is 29.3 Å². The van der Waals surface area contributed by atoms with E-state index in [-0.39, 0.29) is 11.0 Å². The van der Waals surface area contributed by atoms with Crippen molar-refractivity contribution in [3.63, 3.8) is 0 Å². The summed E-state index contributed by atoms with van der Waals surface area (Å²) in [5, 5.41) is 0.935. The average molecular weight is 295 g/mol. The number of benzene rings is 1. The Balaban J connectivity index is 2.20. The first kappa shape index (κ1) is 11.6. The smallest absolute Gasteiger partial charge is 0.124 e. The summed E-state index contributed by atoms with van der Waals surface area (Å²) in [7, 11) is 0. The van der Waals surface area contributed by atoms with Gasteiger partial charge in [-0.1, -0.05) is 41.9 Å². The Labute approximate surface area is 112 Å². The van der Waals surface area contributed by atoms with Crippen molar-refractivity contribution in [2.24, 2.45) is 5.92 Å². The molecule has 2 heteroatoms. The summed E-state index contributed by atoms with van der Waals surface area (Å²) >= 11 is 3.66. The third kappa shape index (κ3) is 1.36. The van der Waals surface area contributed by atoms with Crippen LogP contribution in [0.4, 0.5) is 0 Å². The van der Waals surface area contributed by atoms with Crippen molar-refractivity contribution < 1.29 is 4.74 Å². The number of rotatable bonds is 1. The Bertz CT molecular complexity index is 470. The predicted molar refractivity (Wildman–Crippen MR) is 74.1 cm³/mol. The highest BCUT2D eigenvalue weighted by Crippen LogP contribution is 2.58. The fourth-order valence-electron chi connectivity index (χ4n) is 3.61. The van der Waals surface area contributed by atoms with Crippen LogP contribution in [0, 0.1) is 12.8 Å². The third-order valence-corrected chi connectivity index (χ3v) is 6.05. The highest BCUT2D eigenvalue weighted by molar-refractivity contribution is 9.09. The molecule has 1 aromatic carbocycles. The highest BCUT2D eigenvalue weighted by Gasteiger charge is 2.58. The SMILES string of the molecule is Cc1ccc2c(c1)OC1(CBr)CCC2(C)C1C. The number of ether oxygens (including phenoxy) is 1. The number of aryl methyl sites for hydroxylation is 1. The zero-order chi connectivity index (χ0) is 12.3. The molecule has 3 unspecified atom stereocenters. The monoisotopic (exact) mass is 294 g/mol. The van der Waals surface area contributed by atoms with Gasteiger partial charge in [0, 0.05) is 22.2 Å². The van der Waals surface area contributed by atoms with Crippen LogP contribution in [0.1, 0.15) is 37.8 Å². The number of fused-ring (bicyclic) bond motifs is 4. The quantitative estimate of drug-likeness (QED) is 0.705. The number of halogens is 1. The van der Waals surface area contributed by atoms with Gasteiger partial charge in [0.25, 0.3) is 0 Å². The molecular weight excluding hydrogens is 276 g/mol. The molecule has 0 amide bonds. The molecule has 1 aromatic rings. The molecule has 0 aromatic heterocycles. The molecule has 1 nitrogen and oxygen atoms in total. The van der Waals surface area contributed by atoms with Crippen LogP contribution in [0.3, 0.4) is 0 Å². The third-order valence-electron chi connectivity index (χ3n) is 5.10. The van der Waals surface area contributed by atoms with Crippen molar-refractivity contribution in [3.8, 4) is 5.75 Å². The molecule has 3 rings (SSSR count). The molecule has 1 fully saturated rings. The van der Waals surface area contributed by atoms with Crippen molar-refractivity contribution >= 4 is 15.9 Å². The summed E-state index contributed by atoms with van der Waals surface area (Å²) in [6.45, 7) is 6.88. The van der Waals surface area contributed by atoms with Crippen molar-refractivity contribution in [2.45, 2.75) is 44.6 Å². The van der Waals surface area contributed by atoms with Crippen molar-refractivity contribution in [1.82, 2.24) is 0 Å². The normalized spacial score (nSPS) is 38.7. The molecule has 2 bridgehead atoms. The lowest BCUT2D eigenvalue weighted by atomic mass is 9.70. The second-order valence-electron chi connectivity index (χ2n) is 5.94. The molecule has 1 aliphatic heterocycles. The van der Waals surface area contributed by atoms with Gasteiger partial charge in [0.05, 0.1) is 0 Å². The van der Waals surface area contributed by atoms with Crippen LogP contribution in [0.25, 0.3) is 0 Å². The minimum Gasteiger partial charge on any atom is -0.486 e. The van der Waals surface area contributed by atoms with Gasteiger partial charge < -0.3 is 4.74 Å². The van der Waals surface area contributed by atoms with Gasteiger partial charge in [-0.3, -0.25) is 0 Å². The lowest BCUT2D eigenvalue weighted by Crippen LogP contribution is -2.49. The summed E-state index contributed by atoms with van der Waals surface area (Å²) in [6.07, 6.45) is 2.39. The van der Waals surface area contributed by atoms with Crippen LogP contribution < -0.4 is 4.74 Å². The summed E-state index contributed by atoms with van der Waals surface area (Å²) in [4.78, 5) is 0. The van der Waals surface area contributed by atoms with E-state index in [9.17, 15) is 0 Å². The minimum atomic E-state index is 0.00947. The lowest BCUT2D eigenvalue weighted by Gasteiger charge is -2.45. The van der Waals surface area contributed by atoms with Crippen LogP contribution in [-0.4, -0.2) is 10.9 Å². The molecule has 1 heterocycles. The van der Waals surface area contributed by atoms with Crippen LogP contribution in [-0.2, 0) is 5.41 Å². The topological polar surface area (TPSA) is 9.23 Å². The van der Waals surface area contributed by atoms with Crippen LogP contribution in [0.15, 0.2) is 18.2 Å². The van der Waals surface area contributed by atoms with Crippen LogP contribution in [0.5, 0.6) is 5.75 Å². The van der Waals surface area contributed by atoms with E-state index in [0.29, 0.717) is 5.92 Å². The summed E-state index contributed by atoms with van der Waals surface area (Å²) < 4.78 is 6.37. The van der Waals surface area contributed by atoms with Crippen LogP contribution in [0.2, 0.25) is 0 Å². The fourth-order valence-corrected chi connectivity index (χ4v) is 4.49. The van der Waals surface area contributed by atoms with Crippen molar-refractivity contribution in [1.29, 1.82) is 0 Å². The van der Waals surface area contributed by atoms with Gasteiger partial charge in [-0.25, -0.2) is 0 Å². The highest BCUT2D eigenvalue weighted by atomic mass is 79.9. The van der Waals surface area contributed by atoms with Gasteiger partial charge in [-0.05, 0) is 31.4 Å². The molecule has 17 heavy (non-hydrogen) atoms. The Morgan fingerprint density at radius 2 is 2.18 bits per heavy atom. The zero-order valence-corrected chi connectivity index (χ0v) is 12.3. The Morgan fingerprint density at radius 1 is 1.41 bits per heavy atom. The van der Waals surface area contributed by atoms with E-state index in [0.717, 1.165) is 17.5 Å². The molecule has 0 N–H and O–H groups in total. The second-order valence-corrected chi connectivity index (χ2v) is 6.50. The first-order valence-electron chi connectivity index (χ1n) is 6.38. The van der Waals surface area contributed by atoms with E-state index >= 15 is 0 Å². The van der Waals surface area contributed by atoms with Crippen LogP contribution >= 0.6 is 15.9 Å². The molecule has 0 saturated heterocycles. The van der Waals surface area contributed by atoms with E-state index in [1.54, 1.807) is 0 Å². The van der Waals surface area contributed by atoms with Gasteiger partial charge in [0.1, 0.15) is 11.4 Å². The van der Waals surface area contributed by atoms with Gasteiger partial charge in [-0.2, -0.15) is 0 Å². The van der Waals surface area contributed by atoms with Gasteiger partial charge in [0.15, 0.2) is 0 Å². The molecule has 92 valence electrons. The van der Waals surface area contributed by atoms with E-state index < -0.39 is 0 Å². The first-order valence-corrected chi connectivity index (χ1v) is 7.50. The molecule has 0 spiro atoms. The molecule has 1 saturated carbocycles. The minimum absolute atomic E-state index is 0.00947.